The number of carbonyl (C=O) groups is 2. The summed E-state index contributed by atoms with van der Waals surface area (Å²) in [6.45, 7) is 6.76. The molecule has 7 heteroatoms. The fourth-order valence-corrected chi connectivity index (χ4v) is 4.21. The van der Waals surface area contributed by atoms with Crippen molar-refractivity contribution >= 4 is 23.6 Å². The summed E-state index contributed by atoms with van der Waals surface area (Å²) in [5, 5.41) is 15.8. The number of benzene rings is 2. The zero-order valence-corrected chi connectivity index (χ0v) is 21.6. The summed E-state index contributed by atoms with van der Waals surface area (Å²) >= 11 is 1.64. The van der Waals surface area contributed by atoms with E-state index in [2.05, 4.69) is 15.5 Å². The van der Waals surface area contributed by atoms with Crippen molar-refractivity contribution < 1.29 is 14.7 Å². The van der Waals surface area contributed by atoms with Crippen LogP contribution < -0.4 is 10.6 Å². The average molecular weight is 486 g/mol. The Labute approximate surface area is 208 Å². The highest BCUT2D eigenvalue weighted by molar-refractivity contribution is 7.98. The molecule has 6 nitrogen and oxygen atoms in total. The van der Waals surface area contributed by atoms with Gasteiger partial charge < -0.3 is 15.7 Å². The molecule has 0 aliphatic heterocycles. The Morgan fingerprint density at radius 3 is 1.88 bits per heavy atom. The van der Waals surface area contributed by atoms with Crippen LogP contribution in [0.15, 0.2) is 60.7 Å². The van der Waals surface area contributed by atoms with Crippen LogP contribution in [-0.4, -0.2) is 58.1 Å². The van der Waals surface area contributed by atoms with Crippen molar-refractivity contribution in [3.8, 4) is 0 Å². The van der Waals surface area contributed by atoms with Crippen LogP contribution in [0.3, 0.4) is 0 Å². The Morgan fingerprint density at radius 1 is 0.912 bits per heavy atom. The molecule has 0 saturated carbocycles. The summed E-state index contributed by atoms with van der Waals surface area (Å²) in [7, 11) is 0. The van der Waals surface area contributed by atoms with E-state index in [0.717, 1.165) is 16.9 Å². The number of hydrogen-bond acceptors (Lipinski definition) is 5. The predicted octanol–water partition coefficient (Wildman–Crippen LogP) is 3.59. The molecule has 2 rings (SSSR count). The van der Waals surface area contributed by atoms with Crippen LogP contribution in [0.1, 0.15) is 44.7 Å². The van der Waals surface area contributed by atoms with Crippen LogP contribution in [0.2, 0.25) is 0 Å². The first-order valence-corrected chi connectivity index (χ1v) is 13.2. The molecule has 0 spiro atoms. The van der Waals surface area contributed by atoms with Gasteiger partial charge in [-0.2, -0.15) is 11.8 Å². The molecule has 0 radical (unpaired) electrons. The lowest BCUT2D eigenvalue weighted by Gasteiger charge is -2.32. The molecule has 0 bridgehead atoms. The Bertz CT molecular complexity index is 830. The van der Waals surface area contributed by atoms with E-state index < -0.39 is 17.6 Å². The number of amides is 2. The lowest BCUT2D eigenvalue weighted by molar-refractivity contribution is -0.133. The molecule has 0 unspecified atom stereocenters. The number of nitrogens with one attached hydrogen (secondary N) is 2. The maximum atomic E-state index is 13.5. The fraction of sp³-hybridized carbons (Fsp3) is 0.481. The van der Waals surface area contributed by atoms with E-state index in [-0.39, 0.29) is 24.8 Å². The van der Waals surface area contributed by atoms with E-state index in [9.17, 15) is 14.7 Å². The van der Waals surface area contributed by atoms with Gasteiger partial charge >= 0.3 is 0 Å². The monoisotopic (exact) mass is 485 g/mol. The second-order valence-electron chi connectivity index (χ2n) is 9.49. The van der Waals surface area contributed by atoms with Crippen molar-refractivity contribution in [1.82, 2.24) is 15.5 Å². The van der Waals surface area contributed by atoms with Gasteiger partial charge in [-0.05, 0) is 56.7 Å². The summed E-state index contributed by atoms with van der Waals surface area (Å²) in [5.74, 6) is 0.330. The summed E-state index contributed by atoms with van der Waals surface area (Å²) in [6.07, 6.45) is 2.80. The van der Waals surface area contributed by atoms with Crippen LogP contribution >= 0.6 is 11.8 Å². The number of aliphatic hydroxyl groups is 1. The van der Waals surface area contributed by atoms with Gasteiger partial charge in [-0.1, -0.05) is 60.7 Å². The largest absolute Gasteiger partial charge is 0.396 e. The number of rotatable bonds is 13. The first-order valence-electron chi connectivity index (χ1n) is 11.8. The van der Waals surface area contributed by atoms with Crippen molar-refractivity contribution in [1.29, 1.82) is 0 Å². The van der Waals surface area contributed by atoms with Gasteiger partial charge in [0.15, 0.2) is 0 Å². The van der Waals surface area contributed by atoms with Gasteiger partial charge in [-0.3, -0.25) is 14.5 Å². The van der Waals surface area contributed by atoms with Crippen molar-refractivity contribution in [2.24, 2.45) is 0 Å². The van der Waals surface area contributed by atoms with Crippen molar-refractivity contribution in [3.63, 3.8) is 0 Å². The lowest BCUT2D eigenvalue weighted by Crippen LogP contribution is -2.56. The van der Waals surface area contributed by atoms with Gasteiger partial charge in [0.05, 0.1) is 6.04 Å². The van der Waals surface area contributed by atoms with Gasteiger partial charge in [-0.15, -0.1) is 0 Å². The minimum absolute atomic E-state index is 0.123. The van der Waals surface area contributed by atoms with E-state index in [1.165, 1.54) is 0 Å². The first-order chi connectivity index (χ1) is 16.2. The zero-order valence-electron chi connectivity index (χ0n) is 20.8. The van der Waals surface area contributed by atoms with E-state index >= 15 is 0 Å². The minimum Gasteiger partial charge on any atom is -0.396 e. The standard InChI is InChI=1S/C27H39N3O3S/c1-27(2,3)29-25(32)23(16-18-34-4)28-26(33)24(15-17-31)30(19-21-11-7-5-8-12-21)20-22-13-9-6-10-14-22/h5-14,23-24,31H,15-20H2,1-4H3,(H,28,33)(H,29,32)/t23-,24-/m0/s1. The van der Waals surface area contributed by atoms with Gasteiger partial charge in [-0.25, -0.2) is 0 Å². The highest BCUT2D eigenvalue weighted by Gasteiger charge is 2.30. The highest BCUT2D eigenvalue weighted by Crippen LogP contribution is 2.17. The number of nitrogens with zero attached hydrogens (tertiary/aromatic N) is 1. The number of hydrogen-bond donors (Lipinski definition) is 3. The van der Waals surface area contributed by atoms with Crippen LogP contribution in [0.4, 0.5) is 0 Å². The second kappa shape index (κ2) is 14.1. The third-order valence-electron chi connectivity index (χ3n) is 5.34. The molecular formula is C27H39N3O3S. The fourth-order valence-electron chi connectivity index (χ4n) is 3.74. The predicted molar refractivity (Wildman–Crippen MR) is 140 cm³/mol. The molecule has 0 heterocycles. The Morgan fingerprint density at radius 2 is 1.44 bits per heavy atom. The van der Waals surface area contributed by atoms with Gasteiger partial charge in [0, 0.05) is 25.2 Å². The molecule has 0 saturated heterocycles. The van der Waals surface area contributed by atoms with Crippen molar-refractivity contribution in [2.45, 2.75) is 64.3 Å². The normalized spacial score (nSPS) is 13.4. The summed E-state index contributed by atoms with van der Waals surface area (Å²) in [4.78, 5) is 28.6. The van der Waals surface area contributed by atoms with Crippen molar-refractivity contribution in [2.75, 3.05) is 18.6 Å². The maximum Gasteiger partial charge on any atom is 0.243 e. The van der Waals surface area contributed by atoms with Crippen LogP contribution in [-0.2, 0) is 22.7 Å². The Kier molecular flexibility index (Phi) is 11.6. The third-order valence-corrected chi connectivity index (χ3v) is 5.99. The Hall–Kier alpha value is -2.35. The van der Waals surface area contributed by atoms with Gasteiger partial charge in [0.1, 0.15) is 6.04 Å². The molecule has 0 aromatic heterocycles. The maximum absolute atomic E-state index is 13.5. The summed E-state index contributed by atoms with van der Waals surface area (Å²) < 4.78 is 0. The van der Waals surface area contributed by atoms with E-state index in [0.29, 0.717) is 19.5 Å². The highest BCUT2D eigenvalue weighted by atomic mass is 32.2. The Balaban J connectivity index is 2.27. The molecule has 0 fully saturated rings. The van der Waals surface area contributed by atoms with E-state index in [1.54, 1.807) is 11.8 Å². The van der Waals surface area contributed by atoms with Gasteiger partial charge in [0.2, 0.25) is 11.8 Å². The zero-order chi connectivity index (χ0) is 25.0. The molecule has 0 aliphatic rings. The molecule has 2 aromatic rings. The molecular weight excluding hydrogens is 446 g/mol. The second-order valence-corrected chi connectivity index (χ2v) is 10.5. The van der Waals surface area contributed by atoms with E-state index in [1.807, 2.05) is 87.7 Å². The molecule has 0 aliphatic carbocycles. The minimum atomic E-state index is -0.629. The SMILES string of the molecule is CSCC[C@H](NC(=O)[C@H](CCO)N(Cc1ccccc1)Cc1ccccc1)C(=O)NC(C)(C)C. The summed E-state index contributed by atoms with van der Waals surface area (Å²) in [5.41, 5.74) is 1.77. The quantitative estimate of drug-likeness (QED) is 0.404. The molecule has 2 aromatic carbocycles. The van der Waals surface area contributed by atoms with Crippen LogP contribution in [0, 0.1) is 0 Å². The average Bonchev–Trinajstić information content (AvgIpc) is 2.80. The number of carbonyl (C=O) groups excluding carboxylic acids is 2. The van der Waals surface area contributed by atoms with Crippen LogP contribution in [0.5, 0.6) is 0 Å². The molecule has 3 N–H and O–H groups in total. The molecule has 186 valence electrons. The van der Waals surface area contributed by atoms with E-state index in [4.69, 9.17) is 0 Å². The smallest absolute Gasteiger partial charge is 0.243 e. The number of aliphatic hydroxyl groups excluding tert-OH is 1. The molecule has 34 heavy (non-hydrogen) atoms. The topological polar surface area (TPSA) is 81.7 Å². The summed E-state index contributed by atoms with van der Waals surface area (Å²) in [6, 6.07) is 18.8. The van der Waals surface area contributed by atoms with Gasteiger partial charge in [0.25, 0.3) is 0 Å². The van der Waals surface area contributed by atoms with Crippen LogP contribution in [0.25, 0.3) is 0 Å². The molecule has 2 atom stereocenters. The third kappa shape index (κ3) is 9.87. The van der Waals surface area contributed by atoms with Crippen molar-refractivity contribution in [3.05, 3.63) is 71.8 Å². The first kappa shape index (κ1) is 27.9. The lowest BCUT2D eigenvalue weighted by atomic mass is 10.0. The number of thioether (sulfide) groups is 1. The molecule has 2 amide bonds.